The molecule has 4 rings (SSSR count). The molecule has 0 saturated heterocycles. The molecule has 184 valence electrons. The Morgan fingerprint density at radius 3 is 2.54 bits per heavy atom. The van der Waals surface area contributed by atoms with Crippen molar-refractivity contribution < 1.29 is 23.9 Å². The summed E-state index contributed by atoms with van der Waals surface area (Å²) >= 11 is 0. The summed E-state index contributed by atoms with van der Waals surface area (Å²) in [5.41, 5.74) is 2.86. The number of benzene rings is 2. The number of aromatic amines is 1. The van der Waals surface area contributed by atoms with Crippen molar-refractivity contribution in [2.75, 3.05) is 25.1 Å². The van der Waals surface area contributed by atoms with Crippen LogP contribution in [0.2, 0.25) is 0 Å². The van der Waals surface area contributed by atoms with Crippen LogP contribution < -0.4 is 4.90 Å². The second kappa shape index (κ2) is 9.82. The minimum absolute atomic E-state index is 0.202. The summed E-state index contributed by atoms with van der Waals surface area (Å²) in [6, 6.07) is 14.5. The number of carbonyl (C=O) groups is 3. The van der Waals surface area contributed by atoms with Crippen molar-refractivity contribution in [3.8, 4) is 0 Å². The highest BCUT2D eigenvalue weighted by Gasteiger charge is 2.42. The van der Waals surface area contributed by atoms with Gasteiger partial charge in [0.15, 0.2) is 0 Å². The van der Waals surface area contributed by atoms with Crippen LogP contribution in [0.15, 0.2) is 54.7 Å². The highest BCUT2D eigenvalue weighted by molar-refractivity contribution is 6.01. The molecule has 8 nitrogen and oxygen atoms in total. The molecular formula is C27H31N3O5. The number of H-pyrrole nitrogens is 1. The third-order valence-electron chi connectivity index (χ3n) is 6.04. The van der Waals surface area contributed by atoms with Gasteiger partial charge in [-0.25, -0.2) is 4.79 Å². The van der Waals surface area contributed by atoms with E-state index in [9.17, 15) is 14.4 Å². The van der Waals surface area contributed by atoms with E-state index in [0.717, 1.165) is 22.0 Å². The van der Waals surface area contributed by atoms with E-state index in [1.807, 2.05) is 54.7 Å². The van der Waals surface area contributed by atoms with Crippen molar-refractivity contribution in [3.63, 3.8) is 0 Å². The van der Waals surface area contributed by atoms with Crippen LogP contribution in [0, 0.1) is 0 Å². The van der Waals surface area contributed by atoms with Gasteiger partial charge in [-0.2, -0.15) is 0 Å². The van der Waals surface area contributed by atoms with Crippen LogP contribution in [-0.2, 0) is 31.9 Å². The molecule has 0 spiro atoms. The van der Waals surface area contributed by atoms with Crippen LogP contribution >= 0.6 is 0 Å². The predicted molar refractivity (Wildman–Crippen MR) is 133 cm³/mol. The number of hydrogen-bond acceptors (Lipinski definition) is 5. The van der Waals surface area contributed by atoms with E-state index in [2.05, 4.69) is 4.98 Å². The van der Waals surface area contributed by atoms with Crippen LogP contribution in [0.4, 0.5) is 10.5 Å². The first-order valence-electron chi connectivity index (χ1n) is 11.7. The summed E-state index contributed by atoms with van der Waals surface area (Å²) in [6.45, 7) is 5.45. The van der Waals surface area contributed by atoms with E-state index in [0.29, 0.717) is 25.1 Å². The molecule has 0 fully saturated rings. The number of esters is 1. The number of anilines is 1. The van der Waals surface area contributed by atoms with Gasteiger partial charge in [0.05, 0.1) is 12.8 Å². The number of aromatic nitrogens is 1. The lowest BCUT2D eigenvalue weighted by atomic mass is 10.1. The molecule has 0 unspecified atom stereocenters. The van der Waals surface area contributed by atoms with Crippen LogP contribution in [-0.4, -0.2) is 59.7 Å². The summed E-state index contributed by atoms with van der Waals surface area (Å²) in [4.78, 5) is 45.3. The summed E-state index contributed by atoms with van der Waals surface area (Å²) in [5, 5.41) is 1.07. The van der Waals surface area contributed by atoms with E-state index in [4.69, 9.17) is 9.47 Å². The second-order valence-corrected chi connectivity index (χ2v) is 9.64. The molecule has 2 amide bonds. The third-order valence-corrected chi connectivity index (χ3v) is 6.04. The maximum Gasteiger partial charge on any atom is 0.415 e. The van der Waals surface area contributed by atoms with Crippen LogP contribution in [0.5, 0.6) is 0 Å². The smallest absolute Gasteiger partial charge is 0.415 e. The number of para-hydroxylation sites is 2. The van der Waals surface area contributed by atoms with Crippen LogP contribution in [0.25, 0.3) is 10.9 Å². The molecule has 1 aromatic heterocycles. The normalized spacial score (nSPS) is 15.1. The Labute approximate surface area is 204 Å². The van der Waals surface area contributed by atoms with Crippen molar-refractivity contribution in [2.45, 2.75) is 45.3 Å². The summed E-state index contributed by atoms with van der Waals surface area (Å²) in [5.74, 6) is -0.839. The second-order valence-electron chi connectivity index (χ2n) is 9.64. The molecule has 2 heterocycles. The summed E-state index contributed by atoms with van der Waals surface area (Å²) < 4.78 is 10.5. The molecule has 8 heteroatoms. The maximum atomic E-state index is 13.8. The fraction of sp³-hybridized carbons (Fsp3) is 0.370. The van der Waals surface area contributed by atoms with E-state index < -0.39 is 23.7 Å². The van der Waals surface area contributed by atoms with Gasteiger partial charge in [-0.3, -0.25) is 14.5 Å². The highest BCUT2D eigenvalue weighted by atomic mass is 16.6. The SMILES string of the molecule is COC(=O)CN(CCc1c[nH]c2ccccc12)C(=O)[C@H]1Cc2ccccc2N1C(=O)OC(C)(C)C. The zero-order valence-corrected chi connectivity index (χ0v) is 20.5. The van der Waals surface area contributed by atoms with Gasteiger partial charge in [-0.05, 0) is 50.5 Å². The minimum Gasteiger partial charge on any atom is -0.468 e. The fourth-order valence-corrected chi connectivity index (χ4v) is 4.41. The van der Waals surface area contributed by atoms with Crippen molar-refractivity contribution in [3.05, 3.63) is 65.9 Å². The number of fused-ring (bicyclic) bond motifs is 2. The monoisotopic (exact) mass is 477 g/mol. The topological polar surface area (TPSA) is 91.9 Å². The molecule has 0 radical (unpaired) electrons. The number of hydrogen-bond donors (Lipinski definition) is 1. The number of rotatable bonds is 6. The van der Waals surface area contributed by atoms with Gasteiger partial charge in [0.1, 0.15) is 18.2 Å². The van der Waals surface area contributed by atoms with Gasteiger partial charge in [-0.1, -0.05) is 36.4 Å². The standard InChI is InChI=1S/C27H31N3O5/c1-27(2,3)35-26(33)30-22-12-8-5-9-18(22)15-23(30)25(32)29(17-24(31)34-4)14-13-19-16-28-21-11-7-6-10-20(19)21/h5-12,16,23,28H,13-15,17H2,1-4H3/t23-/m1/s1. The Morgan fingerprint density at radius 2 is 1.80 bits per heavy atom. The lowest BCUT2D eigenvalue weighted by Gasteiger charge is -2.31. The molecule has 2 aromatic carbocycles. The van der Waals surface area contributed by atoms with Crippen molar-refractivity contribution in [1.29, 1.82) is 0 Å². The quantitative estimate of drug-likeness (QED) is 0.540. The Balaban J connectivity index is 1.60. The van der Waals surface area contributed by atoms with Crippen LogP contribution in [0.1, 0.15) is 31.9 Å². The van der Waals surface area contributed by atoms with E-state index in [1.54, 1.807) is 20.8 Å². The maximum absolute atomic E-state index is 13.8. The lowest BCUT2D eigenvalue weighted by Crippen LogP contribution is -2.52. The van der Waals surface area contributed by atoms with Gasteiger partial charge in [0.2, 0.25) is 5.91 Å². The number of amides is 2. The Kier molecular flexibility index (Phi) is 6.82. The first-order valence-corrected chi connectivity index (χ1v) is 11.7. The van der Waals surface area contributed by atoms with Gasteiger partial charge in [-0.15, -0.1) is 0 Å². The molecule has 1 aliphatic rings. The Hall–Kier alpha value is -3.81. The molecule has 1 aliphatic heterocycles. The van der Waals surface area contributed by atoms with Gasteiger partial charge in [0, 0.05) is 30.1 Å². The predicted octanol–water partition coefficient (Wildman–Crippen LogP) is 4.08. The fourth-order valence-electron chi connectivity index (χ4n) is 4.41. The number of nitrogens with one attached hydrogen (secondary N) is 1. The molecule has 0 bridgehead atoms. The molecule has 0 aliphatic carbocycles. The lowest BCUT2D eigenvalue weighted by molar-refractivity contribution is -0.147. The number of nitrogens with zero attached hydrogens (tertiary/aromatic N) is 2. The Morgan fingerprint density at radius 1 is 1.09 bits per heavy atom. The van der Waals surface area contributed by atoms with E-state index in [1.165, 1.54) is 16.9 Å². The average Bonchev–Trinajstić information content (AvgIpc) is 3.41. The summed E-state index contributed by atoms with van der Waals surface area (Å²) in [7, 11) is 1.29. The Bertz CT molecular complexity index is 1240. The number of carbonyl (C=O) groups excluding carboxylic acids is 3. The molecule has 3 aromatic rings. The van der Waals surface area contributed by atoms with Gasteiger partial charge >= 0.3 is 12.1 Å². The van der Waals surface area contributed by atoms with Gasteiger partial charge < -0.3 is 19.4 Å². The van der Waals surface area contributed by atoms with Gasteiger partial charge in [0.25, 0.3) is 0 Å². The van der Waals surface area contributed by atoms with Crippen LogP contribution in [0.3, 0.4) is 0 Å². The first-order chi connectivity index (χ1) is 16.7. The largest absolute Gasteiger partial charge is 0.468 e. The van der Waals surface area contributed by atoms with Crippen molar-refractivity contribution >= 4 is 34.6 Å². The van der Waals surface area contributed by atoms with E-state index in [-0.39, 0.29) is 12.5 Å². The highest BCUT2D eigenvalue weighted by Crippen LogP contribution is 2.34. The molecule has 1 N–H and O–H groups in total. The molecule has 1 atom stereocenters. The molecule has 35 heavy (non-hydrogen) atoms. The zero-order valence-electron chi connectivity index (χ0n) is 20.5. The zero-order chi connectivity index (χ0) is 25.2. The molecular weight excluding hydrogens is 446 g/mol. The van der Waals surface area contributed by atoms with E-state index >= 15 is 0 Å². The number of ether oxygens (including phenoxy) is 2. The average molecular weight is 478 g/mol. The van der Waals surface area contributed by atoms with Crippen molar-refractivity contribution in [2.24, 2.45) is 0 Å². The minimum atomic E-state index is -0.810. The number of methoxy groups -OCH3 is 1. The summed E-state index contributed by atoms with van der Waals surface area (Å²) in [6.07, 6.45) is 2.22. The van der Waals surface area contributed by atoms with Crippen molar-refractivity contribution in [1.82, 2.24) is 9.88 Å². The molecule has 0 saturated carbocycles. The third kappa shape index (κ3) is 5.31. The first kappa shape index (κ1) is 24.3.